The maximum atomic E-state index is 12.0. The predicted octanol–water partition coefficient (Wildman–Crippen LogP) is 1.31. The minimum atomic E-state index is -0.275. The zero-order valence-electron chi connectivity index (χ0n) is 12.1. The Labute approximate surface area is 114 Å². The molecule has 3 N–H and O–H groups in total. The molecule has 1 aliphatic rings. The first kappa shape index (κ1) is 14.1. The second-order valence-corrected chi connectivity index (χ2v) is 5.80. The van der Waals surface area contributed by atoms with Crippen molar-refractivity contribution in [3.63, 3.8) is 0 Å². The number of aromatic nitrogens is 2. The van der Waals surface area contributed by atoms with Crippen molar-refractivity contribution in [2.45, 2.75) is 58.0 Å². The van der Waals surface area contributed by atoms with Crippen LogP contribution in [0, 0.1) is 13.8 Å². The van der Waals surface area contributed by atoms with Crippen LogP contribution in [0.25, 0.3) is 0 Å². The average Bonchev–Trinajstić information content (AvgIpc) is 2.84. The highest BCUT2D eigenvalue weighted by atomic mass is 16.1. The Morgan fingerprint density at radius 1 is 1.42 bits per heavy atom. The van der Waals surface area contributed by atoms with Crippen LogP contribution in [0.1, 0.15) is 49.1 Å². The molecule has 1 fully saturated rings. The van der Waals surface area contributed by atoms with Gasteiger partial charge in [0.05, 0.1) is 5.69 Å². The van der Waals surface area contributed by atoms with Crippen molar-refractivity contribution in [1.29, 1.82) is 0 Å². The van der Waals surface area contributed by atoms with E-state index in [1.54, 1.807) is 0 Å². The minimum Gasteiger partial charge on any atom is -0.352 e. The summed E-state index contributed by atoms with van der Waals surface area (Å²) >= 11 is 0. The summed E-state index contributed by atoms with van der Waals surface area (Å²) in [6.45, 7) is 4.53. The summed E-state index contributed by atoms with van der Waals surface area (Å²) < 4.78 is 1.85. The van der Waals surface area contributed by atoms with Crippen molar-refractivity contribution in [3.8, 4) is 0 Å². The summed E-state index contributed by atoms with van der Waals surface area (Å²) in [5.41, 5.74) is 9.12. The van der Waals surface area contributed by atoms with E-state index in [1.165, 1.54) is 0 Å². The van der Waals surface area contributed by atoms with Gasteiger partial charge < -0.3 is 11.1 Å². The van der Waals surface area contributed by atoms with Gasteiger partial charge >= 0.3 is 0 Å². The van der Waals surface area contributed by atoms with E-state index in [0.29, 0.717) is 13.0 Å². The number of amides is 1. The standard InChI is InChI=1S/C14H24N4O/c1-10-12(11(2)18(3)17-10)9-16-13(19)8-14(15)6-4-5-7-14/h4-9,15H2,1-3H3,(H,16,19). The summed E-state index contributed by atoms with van der Waals surface area (Å²) in [4.78, 5) is 12.0. The molecule has 5 nitrogen and oxygen atoms in total. The first-order valence-electron chi connectivity index (χ1n) is 6.96. The van der Waals surface area contributed by atoms with Crippen LogP contribution in [0.4, 0.5) is 0 Å². The largest absolute Gasteiger partial charge is 0.352 e. The van der Waals surface area contributed by atoms with Gasteiger partial charge in [-0.2, -0.15) is 5.10 Å². The Bertz CT molecular complexity index is 472. The average molecular weight is 264 g/mol. The third kappa shape index (κ3) is 3.15. The van der Waals surface area contributed by atoms with E-state index in [4.69, 9.17) is 5.73 Å². The number of carbonyl (C=O) groups excluding carboxylic acids is 1. The Balaban J connectivity index is 1.90. The molecule has 5 heteroatoms. The monoisotopic (exact) mass is 264 g/mol. The first-order valence-corrected chi connectivity index (χ1v) is 6.96. The maximum absolute atomic E-state index is 12.0. The van der Waals surface area contributed by atoms with Gasteiger partial charge in [-0.05, 0) is 26.7 Å². The molecule has 0 unspecified atom stereocenters. The fourth-order valence-electron chi connectivity index (χ4n) is 2.90. The molecule has 0 radical (unpaired) electrons. The molecule has 1 heterocycles. The van der Waals surface area contributed by atoms with Crippen molar-refractivity contribution < 1.29 is 4.79 Å². The Morgan fingerprint density at radius 2 is 2.05 bits per heavy atom. The molecule has 19 heavy (non-hydrogen) atoms. The van der Waals surface area contributed by atoms with Gasteiger partial charge in [-0.15, -0.1) is 0 Å². The van der Waals surface area contributed by atoms with Crippen molar-refractivity contribution in [2.24, 2.45) is 12.8 Å². The minimum absolute atomic E-state index is 0.0482. The molecule has 106 valence electrons. The summed E-state index contributed by atoms with van der Waals surface area (Å²) in [5.74, 6) is 0.0482. The number of aryl methyl sites for hydroxylation is 2. The van der Waals surface area contributed by atoms with Crippen LogP contribution in [0.5, 0.6) is 0 Å². The number of hydrogen-bond acceptors (Lipinski definition) is 3. The zero-order valence-corrected chi connectivity index (χ0v) is 12.1. The molecule has 0 spiro atoms. The van der Waals surface area contributed by atoms with Crippen LogP contribution >= 0.6 is 0 Å². The Morgan fingerprint density at radius 3 is 2.58 bits per heavy atom. The van der Waals surface area contributed by atoms with E-state index in [1.807, 2.05) is 25.6 Å². The molecule has 2 rings (SSSR count). The molecule has 1 aromatic rings. The van der Waals surface area contributed by atoms with E-state index in [-0.39, 0.29) is 11.4 Å². The molecule has 1 amide bonds. The van der Waals surface area contributed by atoms with Crippen molar-refractivity contribution in [3.05, 3.63) is 17.0 Å². The fraction of sp³-hybridized carbons (Fsp3) is 0.714. The van der Waals surface area contributed by atoms with Crippen LogP contribution in [0.3, 0.4) is 0 Å². The highest BCUT2D eigenvalue weighted by Crippen LogP contribution is 2.29. The quantitative estimate of drug-likeness (QED) is 0.861. The van der Waals surface area contributed by atoms with Crippen LogP contribution in [0.15, 0.2) is 0 Å². The molecule has 1 aromatic heterocycles. The van der Waals surface area contributed by atoms with Crippen LogP contribution in [-0.4, -0.2) is 21.2 Å². The van der Waals surface area contributed by atoms with Gasteiger partial charge in [-0.1, -0.05) is 12.8 Å². The third-order valence-corrected chi connectivity index (χ3v) is 4.23. The van der Waals surface area contributed by atoms with Gasteiger partial charge in [0.15, 0.2) is 0 Å². The normalized spacial score (nSPS) is 17.7. The number of carbonyl (C=O) groups is 1. The van der Waals surface area contributed by atoms with Gasteiger partial charge in [0.25, 0.3) is 0 Å². The van der Waals surface area contributed by atoms with Crippen molar-refractivity contribution >= 4 is 5.91 Å². The fourth-order valence-corrected chi connectivity index (χ4v) is 2.90. The van der Waals surface area contributed by atoms with E-state index in [9.17, 15) is 4.79 Å². The summed E-state index contributed by atoms with van der Waals surface area (Å²) in [6, 6.07) is 0. The molecule has 0 atom stereocenters. The molecular formula is C14H24N4O. The Hall–Kier alpha value is -1.36. The van der Waals surface area contributed by atoms with Gasteiger partial charge in [-0.3, -0.25) is 9.48 Å². The lowest BCUT2D eigenvalue weighted by molar-refractivity contribution is -0.122. The summed E-state index contributed by atoms with van der Waals surface area (Å²) in [7, 11) is 1.92. The van der Waals surface area contributed by atoms with E-state index < -0.39 is 0 Å². The molecule has 0 aromatic carbocycles. The van der Waals surface area contributed by atoms with Crippen LogP contribution in [-0.2, 0) is 18.4 Å². The SMILES string of the molecule is Cc1nn(C)c(C)c1CNC(=O)CC1(N)CCCC1. The highest BCUT2D eigenvalue weighted by Gasteiger charge is 2.31. The lowest BCUT2D eigenvalue weighted by Gasteiger charge is -2.22. The molecule has 1 aliphatic carbocycles. The number of rotatable bonds is 4. The van der Waals surface area contributed by atoms with Gasteiger partial charge in [0.2, 0.25) is 5.91 Å². The lowest BCUT2D eigenvalue weighted by atomic mass is 9.94. The number of nitrogens with one attached hydrogen (secondary N) is 1. The second-order valence-electron chi connectivity index (χ2n) is 5.80. The van der Waals surface area contributed by atoms with E-state index >= 15 is 0 Å². The molecule has 0 saturated heterocycles. The van der Waals surface area contributed by atoms with Crippen LogP contribution in [0.2, 0.25) is 0 Å². The number of hydrogen-bond donors (Lipinski definition) is 2. The zero-order chi connectivity index (χ0) is 14.0. The number of nitrogens with two attached hydrogens (primary N) is 1. The lowest BCUT2D eigenvalue weighted by Crippen LogP contribution is -2.42. The van der Waals surface area contributed by atoms with Crippen molar-refractivity contribution in [1.82, 2.24) is 15.1 Å². The van der Waals surface area contributed by atoms with Gasteiger partial charge in [0.1, 0.15) is 0 Å². The van der Waals surface area contributed by atoms with E-state index in [0.717, 1.165) is 42.6 Å². The summed E-state index contributed by atoms with van der Waals surface area (Å²) in [6.07, 6.45) is 4.65. The molecule has 0 aliphatic heterocycles. The highest BCUT2D eigenvalue weighted by molar-refractivity contribution is 5.77. The maximum Gasteiger partial charge on any atom is 0.222 e. The van der Waals surface area contributed by atoms with Gasteiger partial charge in [-0.25, -0.2) is 0 Å². The summed E-state index contributed by atoms with van der Waals surface area (Å²) in [5, 5.41) is 7.32. The topological polar surface area (TPSA) is 72.9 Å². The van der Waals surface area contributed by atoms with E-state index in [2.05, 4.69) is 10.4 Å². The van der Waals surface area contributed by atoms with Crippen molar-refractivity contribution in [2.75, 3.05) is 0 Å². The van der Waals surface area contributed by atoms with Gasteiger partial charge in [0, 0.05) is 36.8 Å². The third-order valence-electron chi connectivity index (χ3n) is 4.23. The number of nitrogens with zero attached hydrogens (tertiary/aromatic N) is 2. The predicted molar refractivity (Wildman–Crippen MR) is 74.5 cm³/mol. The first-order chi connectivity index (χ1) is 8.91. The Kier molecular flexibility index (Phi) is 3.94. The van der Waals surface area contributed by atoms with Crippen LogP contribution < -0.4 is 11.1 Å². The molecular weight excluding hydrogens is 240 g/mol. The smallest absolute Gasteiger partial charge is 0.222 e. The second kappa shape index (κ2) is 5.33. The molecule has 0 bridgehead atoms. The molecule has 1 saturated carbocycles.